The van der Waals surface area contributed by atoms with E-state index in [0.717, 1.165) is 18.8 Å². The summed E-state index contributed by atoms with van der Waals surface area (Å²) in [5.74, 6) is -0.118. The van der Waals surface area contributed by atoms with Gasteiger partial charge in [-0.25, -0.2) is 8.42 Å². The van der Waals surface area contributed by atoms with Gasteiger partial charge in [-0.15, -0.1) is 0 Å². The third-order valence-electron chi connectivity index (χ3n) is 5.20. The molecule has 1 aliphatic rings. The molecule has 0 aromatic heterocycles. The van der Waals surface area contributed by atoms with E-state index in [-0.39, 0.29) is 21.5 Å². The van der Waals surface area contributed by atoms with Crippen molar-refractivity contribution < 1.29 is 13.2 Å². The summed E-state index contributed by atoms with van der Waals surface area (Å²) in [6.45, 7) is 2.71. The van der Waals surface area contributed by atoms with Crippen LogP contribution >= 0.6 is 11.6 Å². The Hall–Kier alpha value is -3.03. The smallest absolute Gasteiger partial charge is 0.261 e. The van der Waals surface area contributed by atoms with Crippen molar-refractivity contribution >= 4 is 38.9 Å². The summed E-state index contributed by atoms with van der Waals surface area (Å²) in [6, 6.07) is 22.8. The van der Waals surface area contributed by atoms with Crippen LogP contribution in [0.5, 0.6) is 0 Å². The predicted molar refractivity (Wildman–Crippen MR) is 123 cm³/mol. The summed E-state index contributed by atoms with van der Waals surface area (Å²) >= 11 is 6.30. The first-order valence-corrected chi connectivity index (χ1v) is 11.8. The molecular weight excluding hydrogens is 434 g/mol. The van der Waals surface area contributed by atoms with Gasteiger partial charge in [-0.1, -0.05) is 48.0 Å². The number of carbonyl (C=O) groups excluding carboxylic acids is 1. The highest BCUT2D eigenvalue weighted by Crippen LogP contribution is 2.27. The number of hydrogen-bond acceptors (Lipinski definition) is 4. The largest absolute Gasteiger partial charge is 0.368 e. The quantitative estimate of drug-likeness (QED) is 0.628. The van der Waals surface area contributed by atoms with Crippen LogP contribution in [0.15, 0.2) is 83.8 Å². The van der Waals surface area contributed by atoms with E-state index >= 15 is 0 Å². The molecule has 1 aliphatic heterocycles. The van der Waals surface area contributed by atoms with Crippen LogP contribution in [0.4, 0.5) is 11.4 Å². The lowest BCUT2D eigenvalue weighted by Gasteiger charge is -2.36. The first kappa shape index (κ1) is 21.2. The fourth-order valence-corrected chi connectivity index (χ4v) is 4.91. The number of piperazine rings is 1. The van der Waals surface area contributed by atoms with Crippen molar-refractivity contribution in [3.63, 3.8) is 0 Å². The third-order valence-corrected chi connectivity index (χ3v) is 6.90. The molecule has 0 saturated carbocycles. The number of para-hydroxylation sites is 1. The molecule has 0 aliphatic carbocycles. The van der Waals surface area contributed by atoms with Gasteiger partial charge in [0.15, 0.2) is 0 Å². The Morgan fingerprint density at radius 3 is 2.06 bits per heavy atom. The molecule has 3 aromatic rings. The molecule has 0 atom stereocenters. The molecule has 6 nitrogen and oxygen atoms in total. The fraction of sp³-hybridized carbons (Fsp3) is 0.174. The summed E-state index contributed by atoms with van der Waals surface area (Å²) in [5, 5.41) is 0.174. The molecule has 0 bridgehead atoms. The third kappa shape index (κ3) is 4.84. The molecule has 1 heterocycles. The second-order valence-electron chi connectivity index (χ2n) is 7.23. The Bertz CT molecular complexity index is 1160. The number of anilines is 2. The van der Waals surface area contributed by atoms with Crippen LogP contribution in [-0.4, -0.2) is 45.4 Å². The van der Waals surface area contributed by atoms with E-state index in [1.54, 1.807) is 29.2 Å². The molecule has 1 amide bonds. The van der Waals surface area contributed by atoms with Crippen molar-refractivity contribution in [2.24, 2.45) is 0 Å². The number of carbonyl (C=O) groups is 1. The van der Waals surface area contributed by atoms with Crippen LogP contribution in [-0.2, 0) is 10.0 Å². The Balaban J connectivity index is 1.43. The average Bonchev–Trinajstić information content (AvgIpc) is 2.81. The van der Waals surface area contributed by atoms with Gasteiger partial charge in [0, 0.05) is 37.4 Å². The monoisotopic (exact) mass is 455 g/mol. The highest BCUT2D eigenvalue weighted by molar-refractivity contribution is 7.92. The summed E-state index contributed by atoms with van der Waals surface area (Å²) < 4.78 is 27.5. The van der Waals surface area contributed by atoms with E-state index in [9.17, 15) is 13.2 Å². The maximum atomic E-state index is 12.9. The minimum atomic E-state index is -3.76. The Kier molecular flexibility index (Phi) is 6.15. The zero-order chi connectivity index (χ0) is 21.8. The molecule has 31 heavy (non-hydrogen) atoms. The fourth-order valence-electron chi connectivity index (χ4n) is 3.52. The van der Waals surface area contributed by atoms with Crippen LogP contribution in [0.3, 0.4) is 0 Å². The number of sulfonamides is 1. The highest BCUT2D eigenvalue weighted by atomic mass is 35.5. The van der Waals surface area contributed by atoms with Gasteiger partial charge in [-0.05, 0) is 42.5 Å². The number of nitrogens with one attached hydrogen (secondary N) is 1. The maximum Gasteiger partial charge on any atom is 0.261 e. The summed E-state index contributed by atoms with van der Waals surface area (Å²) in [4.78, 5) is 17.1. The van der Waals surface area contributed by atoms with Crippen LogP contribution in [0.1, 0.15) is 10.4 Å². The van der Waals surface area contributed by atoms with Crippen LogP contribution in [0, 0.1) is 0 Å². The molecule has 4 rings (SSSR count). The van der Waals surface area contributed by atoms with E-state index in [1.807, 2.05) is 18.2 Å². The van der Waals surface area contributed by atoms with Gasteiger partial charge in [0.2, 0.25) is 0 Å². The number of benzene rings is 3. The first-order chi connectivity index (χ1) is 14.9. The first-order valence-electron chi connectivity index (χ1n) is 9.91. The lowest BCUT2D eigenvalue weighted by atomic mass is 10.1. The van der Waals surface area contributed by atoms with Crippen molar-refractivity contribution in [3.05, 3.63) is 89.4 Å². The van der Waals surface area contributed by atoms with E-state index in [0.29, 0.717) is 18.7 Å². The van der Waals surface area contributed by atoms with Crippen LogP contribution in [0.2, 0.25) is 5.02 Å². The van der Waals surface area contributed by atoms with Crippen molar-refractivity contribution in [3.8, 4) is 0 Å². The number of rotatable bonds is 5. The van der Waals surface area contributed by atoms with E-state index < -0.39 is 10.0 Å². The van der Waals surface area contributed by atoms with Crippen LogP contribution < -0.4 is 9.62 Å². The number of amides is 1. The van der Waals surface area contributed by atoms with Gasteiger partial charge in [0.25, 0.3) is 15.9 Å². The van der Waals surface area contributed by atoms with Gasteiger partial charge >= 0.3 is 0 Å². The lowest BCUT2D eigenvalue weighted by molar-refractivity contribution is 0.0747. The Morgan fingerprint density at radius 1 is 0.839 bits per heavy atom. The standard InChI is InChI=1S/C23H22ClN3O3S/c24-21-17-18(11-12-22(21)25-31(29,30)20-9-5-2-6-10-20)23(28)27-15-13-26(14-16-27)19-7-3-1-4-8-19/h1-12,17,25H,13-16H2. The van der Waals surface area contributed by atoms with Gasteiger partial charge in [-0.3, -0.25) is 9.52 Å². The van der Waals surface area contributed by atoms with Crippen molar-refractivity contribution in [1.29, 1.82) is 0 Å². The molecule has 1 saturated heterocycles. The normalized spacial score (nSPS) is 14.4. The molecule has 0 spiro atoms. The SMILES string of the molecule is O=C(c1ccc(NS(=O)(=O)c2ccccc2)c(Cl)c1)N1CCN(c2ccccc2)CC1. The van der Waals surface area contributed by atoms with Crippen LogP contribution in [0.25, 0.3) is 0 Å². The van der Waals surface area contributed by atoms with Gasteiger partial charge < -0.3 is 9.80 Å². The molecule has 3 aromatic carbocycles. The van der Waals surface area contributed by atoms with Crippen molar-refractivity contribution in [2.45, 2.75) is 4.90 Å². The molecule has 1 N–H and O–H groups in total. The van der Waals surface area contributed by atoms with Gasteiger partial charge in [0.05, 0.1) is 15.6 Å². The molecule has 1 fully saturated rings. The average molecular weight is 456 g/mol. The summed E-state index contributed by atoms with van der Waals surface area (Å²) in [6.07, 6.45) is 0. The summed E-state index contributed by atoms with van der Waals surface area (Å²) in [7, 11) is -3.76. The number of halogens is 1. The highest BCUT2D eigenvalue weighted by Gasteiger charge is 2.23. The molecule has 8 heteroatoms. The minimum absolute atomic E-state index is 0.118. The van der Waals surface area contributed by atoms with E-state index in [2.05, 4.69) is 21.8 Å². The number of nitrogens with zero attached hydrogens (tertiary/aromatic N) is 2. The predicted octanol–water partition coefficient (Wildman–Crippen LogP) is 4.10. The Morgan fingerprint density at radius 2 is 1.45 bits per heavy atom. The molecule has 0 unspecified atom stereocenters. The number of hydrogen-bond donors (Lipinski definition) is 1. The molecular formula is C23H22ClN3O3S. The zero-order valence-corrected chi connectivity index (χ0v) is 18.3. The Labute approximate surface area is 187 Å². The topological polar surface area (TPSA) is 69.7 Å². The van der Waals surface area contributed by atoms with Gasteiger partial charge in [0.1, 0.15) is 0 Å². The van der Waals surface area contributed by atoms with Gasteiger partial charge in [-0.2, -0.15) is 0 Å². The molecule has 160 valence electrons. The zero-order valence-electron chi connectivity index (χ0n) is 16.7. The van der Waals surface area contributed by atoms with Crippen molar-refractivity contribution in [1.82, 2.24) is 4.90 Å². The van der Waals surface area contributed by atoms with E-state index in [1.165, 1.54) is 24.3 Å². The maximum absolute atomic E-state index is 12.9. The van der Waals surface area contributed by atoms with E-state index in [4.69, 9.17) is 11.6 Å². The lowest BCUT2D eigenvalue weighted by Crippen LogP contribution is -2.48. The molecule has 0 radical (unpaired) electrons. The summed E-state index contributed by atoms with van der Waals surface area (Å²) in [5.41, 5.74) is 1.81. The van der Waals surface area contributed by atoms with Crippen molar-refractivity contribution in [2.75, 3.05) is 35.8 Å². The minimum Gasteiger partial charge on any atom is -0.368 e. The second kappa shape index (κ2) is 8.99. The second-order valence-corrected chi connectivity index (χ2v) is 9.32.